The molecule has 0 spiro atoms. The van der Waals surface area contributed by atoms with Gasteiger partial charge in [-0.1, -0.05) is 78.9 Å². The summed E-state index contributed by atoms with van der Waals surface area (Å²) in [6.45, 7) is 0. The Kier molecular flexibility index (Phi) is 3.75. The van der Waals surface area contributed by atoms with E-state index >= 15 is 0 Å². The SMILES string of the molecule is C1=CC2Nc3c(n4c5ccc6c7ccccc7oc6c5c5cc(-c6ccc7ccccc7c6)cc3c54)NC2C=C1. The second-order valence-electron chi connectivity index (χ2n) is 11.1. The van der Waals surface area contributed by atoms with Gasteiger partial charge in [-0.25, -0.2) is 0 Å². The third kappa shape index (κ3) is 2.56. The molecule has 2 aliphatic rings. The molecule has 2 unspecified atom stereocenters. The second-order valence-corrected chi connectivity index (χ2v) is 11.1. The molecular formula is C36H23N3O. The number of para-hydroxylation sites is 1. The number of hydrogen-bond donors (Lipinski definition) is 2. The molecular weight excluding hydrogens is 490 g/mol. The summed E-state index contributed by atoms with van der Waals surface area (Å²) in [4.78, 5) is 0. The van der Waals surface area contributed by atoms with Crippen molar-refractivity contribution in [3.8, 4) is 11.1 Å². The van der Waals surface area contributed by atoms with Gasteiger partial charge in [-0.2, -0.15) is 0 Å². The molecule has 0 bridgehead atoms. The molecule has 4 heteroatoms. The number of fused-ring (bicyclic) bond motifs is 12. The van der Waals surface area contributed by atoms with Gasteiger partial charge in [-0.15, -0.1) is 0 Å². The quantitative estimate of drug-likeness (QED) is 0.230. The van der Waals surface area contributed by atoms with Crippen LogP contribution >= 0.6 is 0 Å². The lowest BCUT2D eigenvalue weighted by atomic mass is 9.96. The number of nitrogens with zero attached hydrogens (tertiary/aromatic N) is 1. The summed E-state index contributed by atoms with van der Waals surface area (Å²) in [5, 5.41) is 16.2. The fourth-order valence-electron chi connectivity index (χ4n) is 7.10. The lowest BCUT2D eigenvalue weighted by Crippen LogP contribution is -2.41. The van der Waals surface area contributed by atoms with Gasteiger partial charge in [0.25, 0.3) is 0 Å². The first-order valence-corrected chi connectivity index (χ1v) is 13.9. The van der Waals surface area contributed by atoms with Gasteiger partial charge in [0.2, 0.25) is 0 Å². The maximum atomic E-state index is 6.59. The molecule has 0 amide bonds. The number of furan rings is 1. The average Bonchev–Trinajstić information content (AvgIpc) is 3.65. The van der Waals surface area contributed by atoms with E-state index in [-0.39, 0.29) is 12.1 Å². The Bertz CT molecular complexity index is 2400. The second kappa shape index (κ2) is 7.25. The van der Waals surface area contributed by atoms with Crippen LogP contribution in [0.25, 0.3) is 71.0 Å². The van der Waals surface area contributed by atoms with E-state index in [1.165, 1.54) is 43.6 Å². The van der Waals surface area contributed by atoms with Gasteiger partial charge in [0.05, 0.1) is 34.2 Å². The van der Waals surface area contributed by atoms with Gasteiger partial charge in [-0.05, 0) is 58.3 Å². The topological polar surface area (TPSA) is 41.6 Å². The molecule has 4 nitrogen and oxygen atoms in total. The predicted molar refractivity (Wildman–Crippen MR) is 167 cm³/mol. The number of aromatic nitrogens is 1. The lowest BCUT2D eigenvalue weighted by Gasteiger charge is -2.33. The van der Waals surface area contributed by atoms with Crippen LogP contribution in [-0.2, 0) is 0 Å². The van der Waals surface area contributed by atoms with Crippen LogP contribution in [-0.4, -0.2) is 16.5 Å². The standard InChI is InChI=1S/C36H23N3O/c1-2-8-21-17-22(14-13-20(21)7-1)23-18-26-32-30(16-15-25-24-9-3-6-12-31(24)40-35(25)32)39-34(26)27(19-23)33-36(39)38-29-11-5-4-10-28(29)37-33/h1-19,28-29,37-38H. The van der Waals surface area contributed by atoms with E-state index in [1.807, 2.05) is 6.07 Å². The third-order valence-electron chi connectivity index (χ3n) is 8.93. The molecule has 2 atom stereocenters. The van der Waals surface area contributed by atoms with E-state index < -0.39 is 0 Å². The zero-order valence-electron chi connectivity index (χ0n) is 21.5. The van der Waals surface area contributed by atoms with E-state index in [0.29, 0.717) is 0 Å². The Morgan fingerprint density at radius 1 is 0.625 bits per heavy atom. The van der Waals surface area contributed by atoms with Gasteiger partial charge in [0.1, 0.15) is 17.0 Å². The minimum Gasteiger partial charge on any atom is -0.455 e. The van der Waals surface area contributed by atoms with Crippen LogP contribution in [0, 0.1) is 0 Å². The van der Waals surface area contributed by atoms with E-state index in [0.717, 1.165) is 39.0 Å². The van der Waals surface area contributed by atoms with E-state index in [9.17, 15) is 0 Å². The van der Waals surface area contributed by atoms with Gasteiger partial charge in [-0.3, -0.25) is 4.40 Å². The van der Waals surface area contributed by atoms with Crippen LogP contribution < -0.4 is 10.6 Å². The Balaban J connectivity index is 1.36. The Morgan fingerprint density at radius 3 is 2.35 bits per heavy atom. The normalized spacial score (nSPS) is 18.2. The summed E-state index contributed by atoms with van der Waals surface area (Å²) >= 11 is 0. The molecule has 1 aliphatic carbocycles. The van der Waals surface area contributed by atoms with Gasteiger partial charge >= 0.3 is 0 Å². The maximum absolute atomic E-state index is 6.59. The highest BCUT2D eigenvalue weighted by Gasteiger charge is 2.32. The summed E-state index contributed by atoms with van der Waals surface area (Å²) in [6, 6.07) is 33.3. The zero-order chi connectivity index (χ0) is 25.9. The highest BCUT2D eigenvalue weighted by molar-refractivity contribution is 6.29. The van der Waals surface area contributed by atoms with Crippen LogP contribution in [0.3, 0.4) is 0 Å². The van der Waals surface area contributed by atoms with Crippen molar-refractivity contribution >= 4 is 71.4 Å². The minimum atomic E-state index is 0.195. The monoisotopic (exact) mass is 513 g/mol. The molecule has 0 saturated heterocycles. The third-order valence-corrected chi connectivity index (χ3v) is 8.93. The van der Waals surface area contributed by atoms with E-state index in [1.54, 1.807) is 0 Å². The fourth-order valence-corrected chi connectivity index (χ4v) is 7.10. The molecule has 2 N–H and O–H groups in total. The number of hydrogen-bond acceptors (Lipinski definition) is 3. The molecule has 0 saturated carbocycles. The summed E-state index contributed by atoms with van der Waals surface area (Å²) in [5.74, 6) is 1.11. The van der Waals surface area contributed by atoms with Crippen LogP contribution in [0.5, 0.6) is 0 Å². The molecule has 5 aromatic carbocycles. The number of allylic oxidation sites excluding steroid dienone is 2. The lowest BCUT2D eigenvalue weighted by molar-refractivity contribution is 0.673. The van der Waals surface area contributed by atoms with E-state index in [2.05, 4.69) is 124 Å². The zero-order valence-corrected chi connectivity index (χ0v) is 21.5. The van der Waals surface area contributed by atoms with Crippen molar-refractivity contribution < 1.29 is 4.42 Å². The first-order chi connectivity index (χ1) is 19.8. The summed E-state index contributed by atoms with van der Waals surface area (Å²) in [6.07, 6.45) is 8.74. The molecule has 0 radical (unpaired) electrons. The molecule has 0 fully saturated rings. The number of benzene rings is 5. The van der Waals surface area contributed by atoms with Gasteiger partial charge in [0, 0.05) is 21.5 Å². The predicted octanol–water partition coefficient (Wildman–Crippen LogP) is 9.10. The summed E-state index contributed by atoms with van der Waals surface area (Å²) in [5.41, 5.74) is 7.84. The van der Waals surface area contributed by atoms with E-state index in [4.69, 9.17) is 4.42 Å². The van der Waals surface area contributed by atoms with Crippen LogP contribution in [0.1, 0.15) is 0 Å². The first-order valence-electron chi connectivity index (χ1n) is 13.9. The Labute approximate surface area is 229 Å². The molecule has 8 aromatic rings. The molecule has 4 heterocycles. The van der Waals surface area contributed by atoms with Crippen molar-refractivity contribution in [2.75, 3.05) is 10.6 Å². The highest BCUT2D eigenvalue weighted by atomic mass is 16.3. The van der Waals surface area contributed by atoms with Crippen LogP contribution in [0.2, 0.25) is 0 Å². The Morgan fingerprint density at radius 2 is 1.43 bits per heavy atom. The molecule has 10 rings (SSSR count). The van der Waals surface area contributed by atoms with Gasteiger partial charge in [0.15, 0.2) is 0 Å². The summed E-state index contributed by atoms with van der Waals surface area (Å²) in [7, 11) is 0. The van der Waals surface area contributed by atoms with Crippen LogP contribution in [0.4, 0.5) is 11.5 Å². The van der Waals surface area contributed by atoms with Crippen molar-refractivity contribution in [3.63, 3.8) is 0 Å². The molecule has 40 heavy (non-hydrogen) atoms. The van der Waals surface area contributed by atoms with Crippen molar-refractivity contribution in [3.05, 3.63) is 115 Å². The number of nitrogens with one attached hydrogen (secondary N) is 2. The first kappa shape index (κ1) is 20.7. The molecule has 188 valence electrons. The minimum absolute atomic E-state index is 0.195. The largest absolute Gasteiger partial charge is 0.455 e. The van der Waals surface area contributed by atoms with Crippen LogP contribution in [0.15, 0.2) is 120 Å². The van der Waals surface area contributed by atoms with Gasteiger partial charge < -0.3 is 15.1 Å². The summed E-state index contributed by atoms with van der Waals surface area (Å²) < 4.78 is 8.99. The van der Waals surface area contributed by atoms with Crippen molar-refractivity contribution in [1.29, 1.82) is 0 Å². The number of rotatable bonds is 1. The number of anilines is 2. The highest BCUT2D eigenvalue weighted by Crippen LogP contribution is 2.49. The van der Waals surface area contributed by atoms with Crippen molar-refractivity contribution in [2.24, 2.45) is 0 Å². The smallest absolute Gasteiger partial charge is 0.145 e. The molecule has 1 aliphatic heterocycles. The average molecular weight is 514 g/mol. The fraction of sp³-hybridized carbons (Fsp3) is 0.0556. The Hall–Kier alpha value is -5.22. The van der Waals surface area contributed by atoms with Crippen molar-refractivity contribution in [1.82, 2.24) is 4.40 Å². The van der Waals surface area contributed by atoms with Crippen molar-refractivity contribution in [2.45, 2.75) is 12.1 Å². The maximum Gasteiger partial charge on any atom is 0.145 e. The molecule has 3 aromatic heterocycles.